The van der Waals surface area contributed by atoms with Crippen LogP contribution in [-0.4, -0.2) is 34.9 Å². The molecule has 1 atom stereocenters. The summed E-state index contributed by atoms with van der Waals surface area (Å²) in [5.74, 6) is -0.0435. The Bertz CT molecular complexity index is 457. The van der Waals surface area contributed by atoms with Crippen molar-refractivity contribution >= 4 is 15.7 Å². The van der Waals surface area contributed by atoms with Crippen molar-refractivity contribution in [2.75, 3.05) is 31.2 Å². The van der Waals surface area contributed by atoms with Crippen LogP contribution >= 0.6 is 0 Å². The molecule has 1 aromatic rings. The molecule has 0 aliphatic heterocycles. The molecular formula is C12H20N2O3S. The lowest BCUT2D eigenvalue weighted by Gasteiger charge is -2.12. The largest absolute Gasteiger partial charge is 0.384 e. The number of hydrogen-bond donors (Lipinski definition) is 2. The standard InChI is InChI=1S/C12H20N2O3S/c1-10(13-2)11-4-6-12(7-5-11)14-18(15,16)9-8-17-3/h4-7,10,13-14H,8-9H2,1-3H3. The number of hydrogen-bond acceptors (Lipinski definition) is 4. The summed E-state index contributed by atoms with van der Waals surface area (Å²) < 4.78 is 30.5. The summed E-state index contributed by atoms with van der Waals surface area (Å²) in [5.41, 5.74) is 1.68. The van der Waals surface area contributed by atoms with Crippen LogP contribution in [0.25, 0.3) is 0 Å². The van der Waals surface area contributed by atoms with Gasteiger partial charge in [0.15, 0.2) is 0 Å². The van der Waals surface area contributed by atoms with E-state index >= 15 is 0 Å². The van der Waals surface area contributed by atoms with Crippen LogP contribution < -0.4 is 10.0 Å². The molecule has 0 saturated heterocycles. The molecule has 0 aliphatic rings. The molecule has 0 fully saturated rings. The summed E-state index contributed by atoms with van der Waals surface area (Å²) in [6.07, 6.45) is 0. The molecule has 0 aliphatic carbocycles. The zero-order valence-corrected chi connectivity index (χ0v) is 11.8. The number of methoxy groups -OCH3 is 1. The molecule has 1 aromatic carbocycles. The summed E-state index contributed by atoms with van der Waals surface area (Å²) in [6, 6.07) is 7.55. The minimum Gasteiger partial charge on any atom is -0.384 e. The first-order valence-electron chi connectivity index (χ1n) is 5.75. The van der Waals surface area contributed by atoms with Gasteiger partial charge in [0, 0.05) is 18.8 Å². The fourth-order valence-electron chi connectivity index (χ4n) is 1.43. The minimum atomic E-state index is -3.33. The van der Waals surface area contributed by atoms with Crippen LogP contribution in [0.3, 0.4) is 0 Å². The molecule has 1 rings (SSSR count). The Kier molecular flexibility index (Phi) is 5.58. The number of nitrogens with one attached hydrogen (secondary N) is 2. The van der Waals surface area contributed by atoms with Crippen molar-refractivity contribution in [1.29, 1.82) is 0 Å². The second-order valence-electron chi connectivity index (χ2n) is 4.05. The van der Waals surface area contributed by atoms with Gasteiger partial charge in [0.2, 0.25) is 10.0 Å². The van der Waals surface area contributed by atoms with Crippen molar-refractivity contribution in [2.24, 2.45) is 0 Å². The third kappa shape index (κ3) is 4.64. The summed E-state index contributed by atoms with van der Waals surface area (Å²) in [5, 5.41) is 3.12. The Balaban J connectivity index is 2.69. The Morgan fingerprint density at radius 1 is 1.28 bits per heavy atom. The van der Waals surface area contributed by atoms with Crippen LogP contribution in [0.1, 0.15) is 18.5 Å². The maximum Gasteiger partial charge on any atom is 0.234 e. The van der Waals surface area contributed by atoms with Gasteiger partial charge in [0.1, 0.15) is 0 Å². The first-order chi connectivity index (χ1) is 8.48. The van der Waals surface area contributed by atoms with E-state index in [0.29, 0.717) is 5.69 Å². The highest BCUT2D eigenvalue weighted by Crippen LogP contribution is 2.16. The van der Waals surface area contributed by atoms with E-state index in [-0.39, 0.29) is 18.4 Å². The number of rotatable bonds is 7. The van der Waals surface area contributed by atoms with Gasteiger partial charge in [-0.2, -0.15) is 0 Å². The summed E-state index contributed by atoms with van der Waals surface area (Å²) in [7, 11) is 0.0306. The van der Waals surface area contributed by atoms with Crippen LogP contribution in [0.2, 0.25) is 0 Å². The van der Waals surface area contributed by atoms with Gasteiger partial charge in [-0.25, -0.2) is 8.42 Å². The molecule has 2 N–H and O–H groups in total. The van der Waals surface area contributed by atoms with Gasteiger partial charge in [0.05, 0.1) is 12.4 Å². The molecule has 102 valence electrons. The van der Waals surface area contributed by atoms with Crippen molar-refractivity contribution in [3.05, 3.63) is 29.8 Å². The molecule has 0 aromatic heterocycles. The Morgan fingerprint density at radius 3 is 2.39 bits per heavy atom. The fourth-order valence-corrected chi connectivity index (χ4v) is 2.41. The van der Waals surface area contributed by atoms with Crippen molar-refractivity contribution < 1.29 is 13.2 Å². The summed E-state index contributed by atoms with van der Waals surface area (Å²) in [4.78, 5) is 0. The molecule has 0 heterocycles. The summed E-state index contributed by atoms with van der Waals surface area (Å²) in [6.45, 7) is 2.22. The van der Waals surface area contributed by atoms with Gasteiger partial charge >= 0.3 is 0 Å². The normalized spacial score (nSPS) is 13.3. The van der Waals surface area contributed by atoms with Crippen molar-refractivity contribution in [1.82, 2.24) is 5.32 Å². The average molecular weight is 272 g/mol. The molecular weight excluding hydrogens is 252 g/mol. The number of anilines is 1. The quantitative estimate of drug-likeness (QED) is 0.786. The van der Waals surface area contributed by atoms with Crippen molar-refractivity contribution in [3.8, 4) is 0 Å². The summed E-state index contributed by atoms with van der Waals surface area (Å²) >= 11 is 0. The molecule has 18 heavy (non-hydrogen) atoms. The minimum absolute atomic E-state index is 0.0435. The molecule has 5 nitrogen and oxygen atoms in total. The second-order valence-corrected chi connectivity index (χ2v) is 5.89. The monoisotopic (exact) mass is 272 g/mol. The third-order valence-electron chi connectivity index (χ3n) is 2.67. The van der Waals surface area contributed by atoms with Crippen LogP contribution in [0.15, 0.2) is 24.3 Å². The first-order valence-corrected chi connectivity index (χ1v) is 7.40. The van der Waals surface area contributed by atoms with Crippen molar-refractivity contribution in [3.63, 3.8) is 0 Å². The van der Waals surface area contributed by atoms with Crippen LogP contribution in [0.4, 0.5) is 5.69 Å². The van der Waals surface area contributed by atoms with E-state index < -0.39 is 10.0 Å². The highest BCUT2D eigenvalue weighted by Gasteiger charge is 2.10. The Morgan fingerprint density at radius 2 is 1.89 bits per heavy atom. The van der Waals surface area contributed by atoms with E-state index in [4.69, 9.17) is 4.74 Å². The maximum absolute atomic E-state index is 11.6. The van der Waals surface area contributed by atoms with Gasteiger partial charge in [-0.15, -0.1) is 0 Å². The molecule has 0 spiro atoms. The van der Waals surface area contributed by atoms with E-state index in [0.717, 1.165) is 5.56 Å². The smallest absolute Gasteiger partial charge is 0.234 e. The SMILES string of the molecule is CNC(C)c1ccc(NS(=O)(=O)CCOC)cc1. The first kappa shape index (κ1) is 14.9. The van der Waals surface area contributed by atoms with Gasteiger partial charge in [0.25, 0.3) is 0 Å². The predicted octanol–water partition coefficient (Wildman–Crippen LogP) is 1.36. The van der Waals surface area contributed by atoms with Gasteiger partial charge in [-0.1, -0.05) is 12.1 Å². The van der Waals surface area contributed by atoms with E-state index in [2.05, 4.69) is 10.0 Å². The zero-order valence-electron chi connectivity index (χ0n) is 10.9. The molecule has 0 amide bonds. The Labute approximate surface area is 109 Å². The van der Waals surface area contributed by atoms with E-state index in [1.54, 1.807) is 12.1 Å². The van der Waals surface area contributed by atoms with E-state index in [9.17, 15) is 8.42 Å². The van der Waals surface area contributed by atoms with Gasteiger partial charge in [-0.3, -0.25) is 4.72 Å². The van der Waals surface area contributed by atoms with Crippen LogP contribution in [-0.2, 0) is 14.8 Å². The average Bonchev–Trinajstić information content (AvgIpc) is 2.36. The number of benzene rings is 1. The molecule has 6 heteroatoms. The lowest BCUT2D eigenvalue weighted by Crippen LogP contribution is -2.19. The van der Waals surface area contributed by atoms with E-state index in [1.807, 2.05) is 26.1 Å². The molecule has 1 unspecified atom stereocenters. The number of sulfonamides is 1. The number of ether oxygens (including phenoxy) is 1. The second kappa shape index (κ2) is 6.72. The topological polar surface area (TPSA) is 67.4 Å². The van der Waals surface area contributed by atoms with Crippen molar-refractivity contribution in [2.45, 2.75) is 13.0 Å². The zero-order chi connectivity index (χ0) is 13.6. The van der Waals surface area contributed by atoms with Crippen LogP contribution in [0.5, 0.6) is 0 Å². The lowest BCUT2D eigenvalue weighted by atomic mass is 10.1. The van der Waals surface area contributed by atoms with E-state index in [1.165, 1.54) is 7.11 Å². The van der Waals surface area contributed by atoms with Gasteiger partial charge < -0.3 is 10.1 Å². The Hall–Kier alpha value is -1.11. The maximum atomic E-state index is 11.6. The molecule has 0 bridgehead atoms. The van der Waals surface area contributed by atoms with Crippen LogP contribution in [0, 0.1) is 0 Å². The fraction of sp³-hybridized carbons (Fsp3) is 0.500. The molecule has 0 radical (unpaired) electrons. The van der Waals surface area contributed by atoms with Gasteiger partial charge in [-0.05, 0) is 31.7 Å². The highest BCUT2D eigenvalue weighted by atomic mass is 32.2. The predicted molar refractivity (Wildman–Crippen MR) is 73.2 cm³/mol. The lowest BCUT2D eigenvalue weighted by molar-refractivity contribution is 0.217. The third-order valence-corrected chi connectivity index (χ3v) is 3.92. The molecule has 0 saturated carbocycles. The highest BCUT2D eigenvalue weighted by molar-refractivity contribution is 7.92.